The van der Waals surface area contributed by atoms with E-state index in [2.05, 4.69) is 4.98 Å². The summed E-state index contributed by atoms with van der Waals surface area (Å²) >= 11 is 0. The normalized spacial score (nSPS) is 20.4. The van der Waals surface area contributed by atoms with E-state index in [0.717, 1.165) is 21.8 Å². The number of hydrogen-bond acceptors (Lipinski definition) is 9. The van der Waals surface area contributed by atoms with Crippen LogP contribution in [0, 0.1) is 13.8 Å². The lowest BCUT2D eigenvalue weighted by atomic mass is 10.2. The minimum absolute atomic E-state index is 0.0794. The Labute approximate surface area is 207 Å². The van der Waals surface area contributed by atoms with E-state index in [9.17, 15) is 26.4 Å². The largest absolute Gasteiger partial charge is 0.349 e. The first-order valence-corrected chi connectivity index (χ1v) is 13.7. The van der Waals surface area contributed by atoms with Gasteiger partial charge in [-0.3, -0.25) is 22.7 Å². The van der Waals surface area contributed by atoms with Crippen molar-refractivity contribution in [1.29, 1.82) is 0 Å². The highest BCUT2D eigenvalue weighted by Gasteiger charge is 2.41. The molecule has 4 rings (SSSR count). The van der Waals surface area contributed by atoms with Crippen LogP contribution in [0.1, 0.15) is 23.8 Å². The Morgan fingerprint density at radius 3 is 2.00 bits per heavy atom. The van der Waals surface area contributed by atoms with Gasteiger partial charge < -0.3 is 4.74 Å². The lowest BCUT2D eigenvalue weighted by molar-refractivity contribution is -0.0354. The predicted molar refractivity (Wildman–Crippen MR) is 127 cm³/mol. The zero-order valence-corrected chi connectivity index (χ0v) is 21.0. The average Bonchev–Trinajstić information content (AvgIpc) is 3.20. The molecule has 0 saturated carbocycles. The molecule has 11 nitrogen and oxygen atoms in total. The minimum Gasteiger partial charge on any atom is -0.349 e. The van der Waals surface area contributed by atoms with E-state index in [1.807, 2.05) is 0 Å². The molecule has 1 aliphatic rings. The fourth-order valence-corrected chi connectivity index (χ4v) is 5.66. The van der Waals surface area contributed by atoms with Crippen LogP contribution in [0.3, 0.4) is 0 Å². The van der Waals surface area contributed by atoms with Crippen LogP contribution in [0.2, 0.25) is 0 Å². The van der Waals surface area contributed by atoms with E-state index in [-0.39, 0.29) is 16.2 Å². The smallest absolute Gasteiger partial charge is 0.330 e. The lowest BCUT2D eigenvalue weighted by Gasteiger charge is -2.18. The first-order valence-electron chi connectivity index (χ1n) is 10.9. The molecule has 3 atom stereocenters. The molecule has 3 aromatic rings. The molecule has 13 heteroatoms. The number of ether oxygens (including phenoxy) is 1. The van der Waals surface area contributed by atoms with Crippen LogP contribution in [0.15, 0.2) is 80.2 Å². The van der Waals surface area contributed by atoms with E-state index in [1.165, 1.54) is 30.5 Å². The Morgan fingerprint density at radius 2 is 1.44 bits per heavy atom. The van der Waals surface area contributed by atoms with Crippen molar-refractivity contribution in [2.24, 2.45) is 0 Å². The van der Waals surface area contributed by atoms with E-state index in [4.69, 9.17) is 13.1 Å². The van der Waals surface area contributed by atoms with E-state index < -0.39 is 56.5 Å². The highest BCUT2D eigenvalue weighted by Crippen LogP contribution is 2.33. The van der Waals surface area contributed by atoms with Gasteiger partial charge in [-0.1, -0.05) is 35.4 Å². The van der Waals surface area contributed by atoms with E-state index in [0.29, 0.717) is 0 Å². The standard InChI is InChI=1S/C23H24N2O9S2/c1-15-3-7-17(8-4-15)35(28,29)32-14-20-19(34-36(30,31)18-9-5-16(2)6-10-18)13-22(33-20)25-12-11-21(26)24-23(25)27/h3-12,19-20,22H,13-14H2,1-2H3,(H,24,26,27)/t19-,20+,22+/m0/s1. The van der Waals surface area contributed by atoms with Gasteiger partial charge in [-0.2, -0.15) is 16.8 Å². The van der Waals surface area contributed by atoms with Crippen LogP contribution in [0.25, 0.3) is 0 Å². The summed E-state index contributed by atoms with van der Waals surface area (Å²) in [5.41, 5.74) is 0.315. The summed E-state index contributed by atoms with van der Waals surface area (Å²) in [5, 5.41) is 0. The van der Waals surface area contributed by atoms with Gasteiger partial charge in [0.25, 0.3) is 25.8 Å². The van der Waals surface area contributed by atoms with Crippen molar-refractivity contribution in [1.82, 2.24) is 9.55 Å². The summed E-state index contributed by atoms with van der Waals surface area (Å²) in [6.07, 6.45) is -2.33. The zero-order valence-electron chi connectivity index (χ0n) is 19.4. The first kappa shape index (κ1) is 26.0. The Hall–Kier alpha value is -3.10. The van der Waals surface area contributed by atoms with E-state index >= 15 is 0 Å². The molecule has 192 valence electrons. The summed E-state index contributed by atoms with van der Waals surface area (Å²) in [7, 11) is -8.44. The van der Waals surface area contributed by atoms with Crippen LogP contribution in [-0.4, -0.2) is 45.2 Å². The number of hydrogen-bond donors (Lipinski definition) is 1. The summed E-state index contributed by atoms with van der Waals surface area (Å²) in [6, 6.07) is 13.1. The maximum Gasteiger partial charge on any atom is 0.330 e. The molecule has 36 heavy (non-hydrogen) atoms. The van der Waals surface area contributed by atoms with Gasteiger partial charge in [0.15, 0.2) is 0 Å². The van der Waals surface area contributed by atoms with Crippen LogP contribution in [0.4, 0.5) is 0 Å². The number of nitrogens with zero attached hydrogens (tertiary/aromatic N) is 1. The van der Waals surface area contributed by atoms with Gasteiger partial charge in [0.05, 0.1) is 16.4 Å². The minimum atomic E-state index is -4.26. The van der Waals surface area contributed by atoms with Crippen molar-refractivity contribution in [3.63, 3.8) is 0 Å². The van der Waals surface area contributed by atoms with Crippen LogP contribution >= 0.6 is 0 Å². The number of aromatic nitrogens is 2. The third kappa shape index (κ3) is 5.82. The molecular weight excluding hydrogens is 512 g/mol. The predicted octanol–water partition coefficient (Wildman–Crippen LogP) is 1.62. The molecule has 1 fully saturated rings. The van der Waals surface area contributed by atoms with Crippen LogP contribution < -0.4 is 11.2 Å². The Kier molecular flexibility index (Phi) is 7.29. The molecular formula is C23H24N2O9S2. The zero-order chi connectivity index (χ0) is 26.1. The number of rotatable bonds is 8. The van der Waals surface area contributed by atoms with Crippen molar-refractivity contribution in [3.05, 3.63) is 92.8 Å². The molecule has 2 aromatic carbocycles. The SMILES string of the molecule is Cc1ccc(S(=O)(=O)OC[C@H]2O[C@@H](n3ccc(=O)[nH]c3=O)C[C@@H]2OS(=O)(=O)c2ccc(C)cc2)cc1. The van der Waals surface area contributed by atoms with Crippen molar-refractivity contribution in [3.8, 4) is 0 Å². The molecule has 1 aliphatic heterocycles. The average molecular weight is 537 g/mol. The molecule has 1 N–H and O–H groups in total. The van der Waals surface area contributed by atoms with Crippen molar-refractivity contribution in [2.75, 3.05) is 6.61 Å². The second-order valence-electron chi connectivity index (χ2n) is 8.34. The highest BCUT2D eigenvalue weighted by atomic mass is 32.2. The Bertz CT molecular complexity index is 1560. The Morgan fingerprint density at radius 1 is 0.889 bits per heavy atom. The van der Waals surface area contributed by atoms with Gasteiger partial charge in [-0.05, 0) is 38.1 Å². The maximum absolute atomic E-state index is 12.9. The molecule has 0 bridgehead atoms. The molecule has 0 radical (unpaired) electrons. The van der Waals surface area contributed by atoms with Gasteiger partial charge >= 0.3 is 5.69 Å². The van der Waals surface area contributed by atoms with Crippen molar-refractivity contribution < 1.29 is 29.9 Å². The third-order valence-electron chi connectivity index (χ3n) is 5.60. The van der Waals surface area contributed by atoms with Gasteiger partial charge in [0.2, 0.25) is 0 Å². The van der Waals surface area contributed by atoms with Crippen molar-refractivity contribution >= 4 is 20.2 Å². The quantitative estimate of drug-likeness (QED) is 0.424. The summed E-state index contributed by atoms with van der Waals surface area (Å²) < 4.78 is 68.6. The summed E-state index contributed by atoms with van der Waals surface area (Å²) in [6.45, 7) is 3.04. The van der Waals surface area contributed by atoms with Gasteiger partial charge in [-0.25, -0.2) is 4.79 Å². The monoisotopic (exact) mass is 536 g/mol. The summed E-state index contributed by atoms with van der Waals surface area (Å²) in [4.78, 5) is 25.6. The van der Waals surface area contributed by atoms with E-state index in [1.54, 1.807) is 38.1 Å². The molecule has 1 aromatic heterocycles. The molecule has 0 unspecified atom stereocenters. The molecule has 0 amide bonds. The Balaban J connectivity index is 1.59. The highest BCUT2D eigenvalue weighted by molar-refractivity contribution is 7.87. The molecule has 0 aliphatic carbocycles. The van der Waals surface area contributed by atoms with Gasteiger partial charge in [0, 0.05) is 18.7 Å². The first-order chi connectivity index (χ1) is 16.9. The molecule has 1 saturated heterocycles. The fraction of sp³-hybridized carbons (Fsp3) is 0.304. The second kappa shape index (κ2) is 10.1. The number of nitrogens with one attached hydrogen (secondary N) is 1. The maximum atomic E-state index is 12.9. The summed E-state index contributed by atoms with van der Waals surface area (Å²) in [5.74, 6) is 0. The number of H-pyrrole nitrogens is 1. The number of aromatic amines is 1. The number of aryl methyl sites for hydroxylation is 2. The van der Waals surface area contributed by atoms with Crippen LogP contribution in [-0.2, 0) is 33.3 Å². The lowest BCUT2D eigenvalue weighted by Crippen LogP contribution is -2.32. The van der Waals surface area contributed by atoms with Gasteiger partial charge in [0.1, 0.15) is 18.4 Å². The fourth-order valence-electron chi connectivity index (χ4n) is 3.63. The number of benzene rings is 2. The van der Waals surface area contributed by atoms with Crippen LogP contribution in [0.5, 0.6) is 0 Å². The molecule has 0 spiro atoms. The van der Waals surface area contributed by atoms with Crippen molar-refractivity contribution in [2.45, 2.75) is 48.5 Å². The molecule has 2 heterocycles. The third-order valence-corrected chi connectivity index (χ3v) is 8.24. The topological polar surface area (TPSA) is 151 Å². The second-order valence-corrected chi connectivity index (χ2v) is 11.5. The van der Waals surface area contributed by atoms with Gasteiger partial charge in [-0.15, -0.1) is 0 Å².